The maximum absolute atomic E-state index is 13.3. The summed E-state index contributed by atoms with van der Waals surface area (Å²) in [5.41, 5.74) is 4.76. The van der Waals surface area contributed by atoms with Crippen LogP contribution < -0.4 is 4.90 Å². The largest absolute Gasteiger partial charge is 0.373 e. The Morgan fingerprint density at radius 2 is 1.69 bits per heavy atom. The molecular weight excluding hydrogens is 324 g/mol. The maximum atomic E-state index is 13.3. The molecule has 26 heavy (non-hydrogen) atoms. The summed E-state index contributed by atoms with van der Waals surface area (Å²) >= 11 is 0. The molecule has 0 saturated carbocycles. The Kier molecular flexibility index (Phi) is 4.35. The van der Waals surface area contributed by atoms with E-state index in [4.69, 9.17) is 0 Å². The van der Waals surface area contributed by atoms with E-state index in [0.717, 1.165) is 17.7 Å². The average Bonchev–Trinajstić information content (AvgIpc) is 2.87. The number of carbonyl (C=O) groups is 1. The third kappa shape index (κ3) is 3.04. The van der Waals surface area contributed by atoms with Crippen molar-refractivity contribution in [2.24, 2.45) is 0 Å². The van der Waals surface area contributed by atoms with Crippen LogP contribution in [0.5, 0.6) is 0 Å². The van der Waals surface area contributed by atoms with Crippen molar-refractivity contribution in [3.8, 4) is 11.1 Å². The van der Waals surface area contributed by atoms with E-state index in [1.165, 1.54) is 17.6 Å². The summed E-state index contributed by atoms with van der Waals surface area (Å²) in [6, 6.07) is 15.9. The molecular formula is C21H20N4O. The molecule has 2 aromatic carbocycles. The molecule has 0 spiro atoms. The van der Waals surface area contributed by atoms with Crippen molar-refractivity contribution in [3.63, 3.8) is 0 Å². The highest BCUT2D eigenvalue weighted by Crippen LogP contribution is 2.27. The van der Waals surface area contributed by atoms with Gasteiger partial charge < -0.3 is 9.80 Å². The van der Waals surface area contributed by atoms with Crippen LogP contribution in [0.25, 0.3) is 11.1 Å². The second-order valence-electron chi connectivity index (χ2n) is 6.45. The number of benzene rings is 2. The molecule has 0 N–H and O–H groups in total. The van der Waals surface area contributed by atoms with Crippen molar-refractivity contribution in [1.29, 1.82) is 0 Å². The number of hydrogen-bond donors (Lipinski definition) is 0. The lowest BCUT2D eigenvalue weighted by molar-refractivity contribution is 0.0752. The normalized spacial score (nSPS) is 13.9. The van der Waals surface area contributed by atoms with Crippen LogP contribution in [0.4, 0.5) is 5.69 Å². The lowest BCUT2D eigenvalue weighted by Gasteiger charge is -2.22. The van der Waals surface area contributed by atoms with Gasteiger partial charge in [0.25, 0.3) is 5.91 Å². The minimum atomic E-state index is 0.0366. The van der Waals surface area contributed by atoms with Crippen LogP contribution in [0.1, 0.15) is 15.9 Å². The van der Waals surface area contributed by atoms with Gasteiger partial charge in [0.1, 0.15) is 6.33 Å². The van der Waals surface area contributed by atoms with Gasteiger partial charge in [-0.3, -0.25) is 4.79 Å². The topological polar surface area (TPSA) is 49.3 Å². The monoisotopic (exact) mass is 344 g/mol. The van der Waals surface area contributed by atoms with E-state index >= 15 is 0 Å². The fourth-order valence-corrected chi connectivity index (χ4v) is 3.40. The van der Waals surface area contributed by atoms with E-state index in [2.05, 4.69) is 34.0 Å². The van der Waals surface area contributed by atoms with E-state index in [0.29, 0.717) is 18.7 Å². The molecule has 3 aromatic rings. The number of anilines is 1. The highest BCUT2D eigenvalue weighted by atomic mass is 16.2. The molecule has 0 aliphatic carbocycles. The zero-order valence-corrected chi connectivity index (χ0v) is 14.7. The van der Waals surface area contributed by atoms with E-state index in [9.17, 15) is 4.79 Å². The molecule has 0 fully saturated rings. The number of fused-ring (bicyclic) bond motifs is 1. The third-order valence-electron chi connectivity index (χ3n) is 4.79. The molecule has 5 heteroatoms. The fraction of sp³-hybridized carbons (Fsp3) is 0.190. The molecule has 1 aromatic heterocycles. The standard InChI is InChI=1S/C21H20N4O/c1-24-10-11-25(14-16-6-2-5-9-20(16)24)21(26)19-8-4-3-7-18(19)17-12-22-15-23-13-17/h2-9,12-13,15H,10-11,14H2,1H3. The van der Waals surface area contributed by atoms with Crippen molar-refractivity contribution in [1.82, 2.24) is 14.9 Å². The molecule has 0 unspecified atom stereocenters. The van der Waals surface area contributed by atoms with Crippen LogP contribution in [0.3, 0.4) is 0 Å². The zero-order chi connectivity index (χ0) is 17.9. The molecule has 5 nitrogen and oxygen atoms in total. The molecule has 0 bridgehead atoms. The fourth-order valence-electron chi connectivity index (χ4n) is 3.40. The smallest absolute Gasteiger partial charge is 0.254 e. The summed E-state index contributed by atoms with van der Waals surface area (Å²) in [6.45, 7) is 2.10. The second-order valence-corrected chi connectivity index (χ2v) is 6.45. The zero-order valence-electron chi connectivity index (χ0n) is 14.7. The van der Waals surface area contributed by atoms with Crippen LogP contribution in [-0.2, 0) is 6.54 Å². The molecule has 1 amide bonds. The summed E-state index contributed by atoms with van der Waals surface area (Å²) in [7, 11) is 2.07. The van der Waals surface area contributed by atoms with Gasteiger partial charge in [-0.1, -0.05) is 36.4 Å². The van der Waals surface area contributed by atoms with Gasteiger partial charge in [0.05, 0.1) is 0 Å². The number of likely N-dealkylation sites (N-methyl/N-ethyl adjacent to an activating group) is 1. The number of para-hydroxylation sites is 1. The van der Waals surface area contributed by atoms with E-state index in [1.807, 2.05) is 41.3 Å². The molecule has 0 radical (unpaired) electrons. The Morgan fingerprint density at radius 3 is 2.54 bits per heavy atom. The first kappa shape index (κ1) is 16.3. The molecule has 2 heterocycles. The van der Waals surface area contributed by atoms with Gasteiger partial charge in [0.2, 0.25) is 0 Å². The number of amides is 1. The third-order valence-corrected chi connectivity index (χ3v) is 4.79. The Hall–Kier alpha value is -3.21. The predicted molar refractivity (Wildman–Crippen MR) is 102 cm³/mol. The Morgan fingerprint density at radius 1 is 0.962 bits per heavy atom. The van der Waals surface area contributed by atoms with Crippen molar-refractivity contribution >= 4 is 11.6 Å². The summed E-state index contributed by atoms with van der Waals surface area (Å²) in [6.07, 6.45) is 4.98. The molecule has 0 saturated heterocycles. The van der Waals surface area contributed by atoms with Crippen LogP contribution in [0.2, 0.25) is 0 Å². The molecule has 1 aliphatic rings. The number of hydrogen-bond acceptors (Lipinski definition) is 4. The highest BCUT2D eigenvalue weighted by Gasteiger charge is 2.24. The number of carbonyl (C=O) groups excluding carboxylic acids is 1. The van der Waals surface area contributed by atoms with Crippen LogP contribution in [0, 0.1) is 0 Å². The second kappa shape index (κ2) is 6.96. The van der Waals surface area contributed by atoms with Crippen LogP contribution in [0.15, 0.2) is 67.3 Å². The van der Waals surface area contributed by atoms with E-state index in [1.54, 1.807) is 12.4 Å². The first-order chi connectivity index (χ1) is 12.7. The first-order valence-electron chi connectivity index (χ1n) is 8.67. The lowest BCUT2D eigenvalue weighted by Crippen LogP contribution is -2.34. The summed E-state index contributed by atoms with van der Waals surface area (Å²) in [5.74, 6) is 0.0366. The predicted octanol–water partition coefficient (Wildman–Crippen LogP) is 3.24. The average molecular weight is 344 g/mol. The van der Waals surface area contributed by atoms with Gasteiger partial charge in [-0.05, 0) is 23.3 Å². The number of rotatable bonds is 2. The maximum Gasteiger partial charge on any atom is 0.254 e. The van der Waals surface area contributed by atoms with Crippen LogP contribution in [-0.4, -0.2) is 40.9 Å². The van der Waals surface area contributed by atoms with Crippen LogP contribution >= 0.6 is 0 Å². The summed E-state index contributed by atoms with van der Waals surface area (Å²) in [4.78, 5) is 25.6. The SMILES string of the molecule is CN1CCN(C(=O)c2ccccc2-c2cncnc2)Cc2ccccc21. The van der Waals surface area contributed by atoms with Crippen molar-refractivity contribution < 1.29 is 4.79 Å². The summed E-state index contributed by atoms with van der Waals surface area (Å²) in [5, 5.41) is 0. The molecule has 1 aliphatic heterocycles. The Bertz CT molecular complexity index is 926. The highest BCUT2D eigenvalue weighted by molar-refractivity contribution is 6.00. The van der Waals surface area contributed by atoms with Gasteiger partial charge in [0.15, 0.2) is 0 Å². The minimum Gasteiger partial charge on any atom is -0.373 e. The first-order valence-corrected chi connectivity index (χ1v) is 8.67. The number of aromatic nitrogens is 2. The lowest BCUT2D eigenvalue weighted by atomic mass is 10.0. The van der Waals surface area contributed by atoms with Crippen molar-refractivity contribution in [2.45, 2.75) is 6.54 Å². The van der Waals surface area contributed by atoms with Gasteiger partial charge in [0, 0.05) is 55.9 Å². The Balaban J connectivity index is 1.69. The van der Waals surface area contributed by atoms with Gasteiger partial charge >= 0.3 is 0 Å². The molecule has 130 valence electrons. The van der Waals surface area contributed by atoms with Gasteiger partial charge in [-0.25, -0.2) is 9.97 Å². The number of nitrogens with zero attached hydrogens (tertiary/aromatic N) is 4. The van der Waals surface area contributed by atoms with E-state index < -0.39 is 0 Å². The van der Waals surface area contributed by atoms with Gasteiger partial charge in [-0.15, -0.1) is 0 Å². The minimum absolute atomic E-state index is 0.0366. The molecule has 4 rings (SSSR count). The van der Waals surface area contributed by atoms with Crippen molar-refractivity contribution in [2.75, 3.05) is 25.0 Å². The van der Waals surface area contributed by atoms with E-state index in [-0.39, 0.29) is 5.91 Å². The molecule has 0 atom stereocenters. The quantitative estimate of drug-likeness (QED) is 0.716. The summed E-state index contributed by atoms with van der Waals surface area (Å²) < 4.78 is 0. The van der Waals surface area contributed by atoms with Crippen molar-refractivity contribution in [3.05, 3.63) is 78.4 Å². The van der Waals surface area contributed by atoms with Gasteiger partial charge in [-0.2, -0.15) is 0 Å². The Labute approximate surface area is 152 Å².